The lowest BCUT2D eigenvalue weighted by Gasteiger charge is -2.42. The zero-order valence-electron chi connectivity index (χ0n) is 12.6. The summed E-state index contributed by atoms with van der Waals surface area (Å²) in [6.07, 6.45) is 10.1. The van der Waals surface area contributed by atoms with Crippen LogP contribution in [0, 0.1) is 11.8 Å². The molecule has 1 aromatic heterocycles. The van der Waals surface area contributed by atoms with E-state index in [9.17, 15) is 0 Å². The Morgan fingerprint density at radius 3 is 2.75 bits per heavy atom. The number of anilines is 1. The Morgan fingerprint density at radius 2 is 2.05 bits per heavy atom. The molecule has 1 aromatic rings. The van der Waals surface area contributed by atoms with Crippen LogP contribution < -0.4 is 10.6 Å². The number of nitrogens with zero attached hydrogens (tertiary/aromatic N) is 2. The molecule has 2 aliphatic rings. The smallest absolute Gasteiger partial charge is 0.0572 e. The molecule has 1 saturated heterocycles. The third-order valence-electron chi connectivity index (χ3n) is 5.25. The molecular formula is C17H27N3. The molecule has 1 saturated carbocycles. The van der Waals surface area contributed by atoms with Crippen molar-refractivity contribution in [3.8, 4) is 0 Å². The van der Waals surface area contributed by atoms with Crippen LogP contribution in [0.4, 0.5) is 5.69 Å². The molecule has 0 spiro atoms. The van der Waals surface area contributed by atoms with E-state index < -0.39 is 0 Å². The van der Waals surface area contributed by atoms with Crippen molar-refractivity contribution < 1.29 is 0 Å². The van der Waals surface area contributed by atoms with Gasteiger partial charge in [0.25, 0.3) is 0 Å². The highest BCUT2D eigenvalue weighted by atomic mass is 15.1. The van der Waals surface area contributed by atoms with Crippen molar-refractivity contribution in [1.29, 1.82) is 0 Å². The van der Waals surface area contributed by atoms with Gasteiger partial charge in [0.1, 0.15) is 0 Å². The molecule has 0 bridgehead atoms. The number of piperidine rings is 1. The second-order valence-corrected chi connectivity index (χ2v) is 6.50. The van der Waals surface area contributed by atoms with E-state index in [0.717, 1.165) is 24.0 Å². The Bertz CT molecular complexity index is 428. The fraction of sp³-hybridized carbons (Fsp3) is 0.706. The molecule has 3 unspecified atom stereocenters. The van der Waals surface area contributed by atoms with E-state index >= 15 is 0 Å². The summed E-state index contributed by atoms with van der Waals surface area (Å²) in [4.78, 5) is 7.09. The van der Waals surface area contributed by atoms with Crippen molar-refractivity contribution in [2.45, 2.75) is 51.5 Å². The van der Waals surface area contributed by atoms with Crippen LogP contribution in [0.5, 0.6) is 0 Å². The molecule has 2 N–H and O–H groups in total. The summed E-state index contributed by atoms with van der Waals surface area (Å²) in [6, 6.07) is 4.39. The maximum Gasteiger partial charge on any atom is 0.0572 e. The lowest BCUT2D eigenvalue weighted by molar-refractivity contribution is 0.202. The number of aromatic nitrogens is 1. The van der Waals surface area contributed by atoms with E-state index in [4.69, 9.17) is 5.73 Å². The summed E-state index contributed by atoms with van der Waals surface area (Å²) in [5, 5.41) is 0. The first-order valence-corrected chi connectivity index (χ1v) is 8.24. The first-order valence-electron chi connectivity index (χ1n) is 8.24. The molecule has 3 heteroatoms. The zero-order valence-corrected chi connectivity index (χ0v) is 12.6. The standard InChI is InChI=1S/C17H27N3/c1-2-16(18)17-8-7-15(11-19-17)20-10-9-13-5-3-4-6-14(13)12-20/h7-8,11,13-14,16H,2-6,9-10,12,18H2,1H3. The lowest BCUT2D eigenvalue weighted by Crippen LogP contribution is -2.41. The largest absolute Gasteiger partial charge is 0.370 e. The Hall–Kier alpha value is -1.09. The minimum atomic E-state index is 0.0770. The molecule has 1 aliphatic carbocycles. The van der Waals surface area contributed by atoms with Crippen LogP contribution in [0.1, 0.15) is 57.2 Å². The molecule has 3 rings (SSSR count). The summed E-state index contributed by atoms with van der Waals surface area (Å²) in [7, 11) is 0. The lowest BCUT2D eigenvalue weighted by atomic mass is 9.75. The van der Waals surface area contributed by atoms with Gasteiger partial charge in [0.15, 0.2) is 0 Å². The Balaban J connectivity index is 1.67. The second-order valence-electron chi connectivity index (χ2n) is 6.50. The number of fused-ring (bicyclic) bond motifs is 1. The van der Waals surface area contributed by atoms with E-state index in [2.05, 4.69) is 28.9 Å². The van der Waals surface area contributed by atoms with Crippen molar-refractivity contribution in [3.05, 3.63) is 24.0 Å². The minimum absolute atomic E-state index is 0.0770. The van der Waals surface area contributed by atoms with Crippen LogP contribution in [0.3, 0.4) is 0 Å². The molecule has 1 aliphatic heterocycles. The fourth-order valence-electron chi connectivity index (χ4n) is 3.85. The van der Waals surface area contributed by atoms with E-state index in [-0.39, 0.29) is 6.04 Å². The van der Waals surface area contributed by atoms with Gasteiger partial charge in [0, 0.05) is 19.1 Å². The van der Waals surface area contributed by atoms with E-state index in [1.54, 1.807) is 0 Å². The summed E-state index contributed by atoms with van der Waals surface area (Å²) in [5.41, 5.74) is 8.33. The molecule has 0 radical (unpaired) electrons. The topological polar surface area (TPSA) is 42.1 Å². The predicted molar refractivity (Wildman–Crippen MR) is 83.7 cm³/mol. The van der Waals surface area contributed by atoms with Gasteiger partial charge in [-0.2, -0.15) is 0 Å². The van der Waals surface area contributed by atoms with Crippen LogP contribution >= 0.6 is 0 Å². The third kappa shape index (κ3) is 2.83. The number of hydrogen-bond donors (Lipinski definition) is 1. The quantitative estimate of drug-likeness (QED) is 0.916. The molecular weight excluding hydrogens is 246 g/mol. The Morgan fingerprint density at radius 1 is 1.25 bits per heavy atom. The molecule has 3 nitrogen and oxygen atoms in total. The van der Waals surface area contributed by atoms with Gasteiger partial charge < -0.3 is 10.6 Å². The number of nitrogens with two attached hydrogens (primary N) is 1. The highest BCUT2D eigenvalue weighted by Crippen LogP contribution is 2.37. The van der Waals surface area contributed by atoms with Gasteiger partial charge in [-0.3, -0.25) is 4.98 Å². The van der Waals surface area contributed by atoms with Gasteiger partial charge in [-0.25, -0.2) is 0 Å². The molecule has 2 fully saturated rings. The van der Waals surface area contributed by atoms with Crippen LogP contribution in [0.15, 0.2) is 18.3 Å². The first-order chi connectivity index (χ1) is 9.78. The third-order valence-corrected chi connectivity index (χ3v) is 5.25. The maximum atomic E-state index is 6.03. The number of rotatable bonds is 3. The monoisotopic (exact) mass is 273 g/mol. The Kier molecular flexibility index (Phi) is 4.25. The maximum absolute atomic E-state index is 6.03. The fourth-order valence-corrected chi connectivity index (χ4v) is 3.85. The van der Waals surface area contributed by atoms with Gasteiger partial charge in [0.2, 0.25) is 0 Å². The molecule has 0 amide bonds. The molecule has 0 aromatic carbocycles. The molecule has 20 heavy (non-hydrogen) atoms. The number of hydrogen-bond acceptors (Lipinski definition) is 3. The zero-order chi connectivity index (χ0) is 13.9. The predicted octanol–water partition coefficient (Wildman–Crippen LogP) is 3.51. The summed E-state index contributed by atoms with van der Waals surface area (Å²) >= 11 is 0. The van der Waals surface area contributed by atoms with Crippen molar-refractivity contribution >= 4 is 5.69 Å². The van der Waals surface area contributed by atoms with Gasteiger partial charge in [-0.05, 0) is 43.2 Å². The average molecular weight is 273 g/mol. The minimum Gasteiger partial charge on any atom is -0.370 e. The van der Waals surface area contributed by atoms with Crippen molar-refractivity contribution in [1.82, 2.24) is 4.98 Å². The number of pyridine rings is 1. The van der Waals surface area contributed by atoms with Gasteiger partial charge >= 0.3 is 0 Å². The second kappa shape index (κ2) is 6.13. The van der Waals surface area contributed by atoms with E-state index in [1.165, 1.54) is 50.9 Å². The normalized spacial score (nSPS) is 28.0. The van der Waals surface area contributed by atoms with Gasteiger partial charge in [0.05, 0.1) is 17.6 Å². The summed E-state index contributed by atoms with van der Waals surface area (Å²) in [5.74, 6) is 1.90. The van der Waals surface area contributed by atoms with Crippen molar-refractivity contribution in [2.75, 3.05) is 18.0 Å². The highest BCUT2D eigenvalue weighted by Gasteiger charge is 2.31. The first kappa shape index (κ1) is 13.9. The Labute approximate surface area is 122 Å². The van der Waals surface area contributed by atoms with E-state index in [1.807, 2.05) is 6.20 Å². The van der Waals surface area contributed by atoms with Crippen molar-refractivity contribution in [2.24, 2.45) is 17.6 Å². The molecule has 3 atom stereocenters. The SMILES string of the molecule is CCC(N)c1ccc(N2CCC3CCCCC3C2)cn1. The molecule has 110 valence electrons. The van der Waals surface area contributed by atoms with Crippen LogP contribution in [-0.4, -0.2) is 18.1 Å². The van der Waals surface area contributed by atoms with Crippen LogP contribution in [0.2, 0.25) is 0 Å². The summed E-state index contributed by atoms with van der Waals surface area (Å²) in [6.45, 7) is 4.53. The average Bonchev–Trinajstić information content (AvgIpc) is 2.54. The highest BCUT2D eigenvalue weighted by molar-refractivity contribution is 5.45. The van der Waals surface area contributed by atoms with Crippen LogP contribution in [0.25, 0.3) is 0 Å². The van der Waals surface area contributed by atoms with Crippen LogP contribution in [-0.2, 0) is 0 Å². The van der Waals surface area contributed by atoms with Gasteiger partial charge in [-0.15, -0.1) is 0 Å². The summed E-state index contributed by atoms with van der Waals surface area (Å²) < 4.78 is 0. The van der Waals surface area contributed by atoms with E-state index in [0.29, 0.717) is 0 Å². The molecule has 2 heterocycles. The van der Waals surface area contributed by atoms with Gasteiger partial charge in [-0.1, -0.05) is 26.2 Å². The van der Waals surface area contributed by atoms with Crippen molar-refractivity contribution in [3.63, 3.8) is 0 Å².